The summed E-state index contributed by atoms with van der Waals surface area (Å²) in [6.45, 7) is 0.00544. The average Bonchev–Trinajstić information content (AvgIpc) is 3.03. The number of imidazole rings is 1. The van der Waals surface area contributed by atoms with Gasteiger partial charge in [-0.15, -0.1) is 0 Å². The fraction of sp³-hybridized carbons (Fsp3) is 0.500. The Morgan fingerprint density at radius 2 is 2.33 bits per heavy atom. The van der Waals surface area contributed by atoms with Gasteiger partial charge >= 0.3 is 0 Å². The Labute approximate surface area is 102 Å². The van der Waals surface area contributed by atoms with E-state index >= 15 is 0 Å². The number of aliphatic hydroxyl groups is 1. The summed E-state index contributed by atoms with van der Waals surface area (Å²) in [5.41, 5.74) is 2.70. The van der Waals surface area contributed by atoms with Crippen LogP contribution in [0.5, 0.6) is 0 Å². The van der Waals surface area contributed by atoms with Crippen LogP contribution >= 0.6 is 0 Å². The van der Waals surface area contributed by atoms with Crippen LogP contribution in [0.3, 0.4) is 0 Å². The minimum atomic E-state index is -0.207. The minimum absolute atomic E-state index is 0.00544. The van der Waals surface area contributed by atoms with Gasteiger partial charge in [0.1, 0.15) is 23.9 Å². The van der Waals surface area contributed by atoms with E-state index in [9.17, 15) is 5.21 Å². The van der Waals surface area contributed by atoms with Gasteiger partial charge in [-0.05, 0) is 12.8 Å². The van der Waals surface area contributed by atoms with Crippen LogP contribution < -0.4 is 5.48 Å². The van der Waals surface area contributed by atoms with Gasteiger partial charge < -0.3 is 20.5 Å². The van der Waals surface area contributed by atoms with Crippen molar-refractivity contribution in [3.8, 4) is 0 Å². The summed E-state index contributed by atoms with van der Waals surface area (Å²) in [7, 11) is 0. The van der Waals surface area contributed by atoms with Crippen LogP contribution in [0.1, 0.15) is 19.1 Å². The monoisotopic (exact) mass is 250 g/mol. The number of hydrogen-bond donors (Lipinski definition) is 2. The van der Waals surface area contributed by atoms with E-state index in [1.807, 2.05) is 0 Å². The van der Waals surface area contributed by atoms with E-state index in [-0.39, 0.29) is 24.8 Å². The Bertz CT molecular complexity index is 557. The van der Waals surface area contributed by atoms with Gasteiger partial charge in [0, 0.05) is 0 Å². The number of ether oxygens (including phenoxy) is 1. The molecule has 18 heavy (non-hydrogen) atoms. The first-order valence-corrected chi connectivity index (χ1v) is 5.65. The van der Waals surface area contributed by atoms with Crippen molar-refractivity contribution < 1.29 is 9.84 Å². The molecule has 2 aromatic rings. The lowest BCUT2D eigenvalue weighted by Gasteiger charge is -2.14. The highest BCUT2D eigenvalue weighted by Gasteiger charge is 2.27. The number of aromatic nitrogens is 4. The molecule has 2 N–H and O–H groups in total. The quantitative estimate of drug-likeness (QED) is 0.759. The second-order valence-corrected chi connectivity index (χ2v) is 4.12. The summed E-state index contributed by atoms with van der Waals surface area (Å²) in [6, 6.07) is 0. The maximum atomic E-state index is 10.7. The predicted molar refractivity (Wildman–Crippen MR) is 62.5 cm³/mol. The normalized spacial score (nSPS) is 23.7. The van der Waals surface area contributed by atoms with Crippen LogP contribution in [0.4, 0.5) is 5.82 Å². The SMILES string of the molecule is [O-]Nc1ncnc2c1ncn2[C@H]1CC[C@@H](CO)O1. The van der Waals surface area contributed by atoms with Crippen molar-refractivity contribution in [2.45, 2.75) is 25.2 Å². The van der Waals surface area contributed by atoms with Crippen LogP contribution in [-0.4, -0.2) is 37.3 Å². The molecule has 1 aliphatic heterocycles. The molecule has 2 aromatic heterocycles. The molecule has 8 nitrogen and oxygen atoms in total. The Kier molecular flexibility index (Phi) is 2.82. The molecular formula is C10H12N5O3-. The van der Waals surface area contributed by atoms with E-state index < -0.39 is 0 Å². The lowest BCUT2D eigenvalue weighted by Crippen LogP contribution is -2.14. The Morgan fingerprint density at radius 1 is 1.44 bits per heavy atom. The van der Waals surface area contributed by atoms with E-state index in [1.165, 1.54) is 6.33 Å². The second-order valence-electron chi connectivity index (χ2n) is 4.12. The molecule has 0 saturated carbocycles. The first-order chi connectivity index (χ1) is 8.83. The van der Waals surface area contributed by atoms with Gasteiger partial charge in [0.05, 0.1) is 19.0 Å². The molecule has 0 aromatic carbocycles. The van der Waals surface area contributed by atoms with Gasteiger partial charge in [0.25, 0.3) is 0 Å². The van der Waals surface area contributed by atoms with Crippen LogP contribution in [0.15, 0.2) is 12.7 Å². The van der Waals surface area contributed by atoms with Gasteiger partial charge in [0.2, 0.25) is 0 Å². The zero-order chi connectivity index (χ0) is 12.5. The third-order valence-electron chi connectivity index (χ3n) is 3.05. The molecule has 0 unspecified atom stereocenters. The number of anilines is 1. The molecule has 0 bridgehead atoms. The fourth-order valence-corrected chi connectivity index (χ4v) is 2.16. The lowest BCUT2D eigenvalue weighted by atomic mass is 10.2. The third kappa shape index (κ3) is 1.70. The molecule has 0 amide bonds. The van der Waals surface area contributed by atoms with Crippen molar-refractivity contribution in [1.82, 2.24) is 19.5 Å². The minimum Gasteiger partial charge on any atom is -0.760 e. The van der Waals surface area contributed by atoms with Gasteiger partial charge in [0.15, 0.2) is 5.65 Å². The van der Waals surface area contributed by atoms with E-state index in [2.05, 4.69) is 15.0 Å². The number of fused-ring (bicyclic) bond motifs is 1. The zero-order valence-corrected chi connectivity index (χ0v) is 9.48. The highest BCUT2D eigenvalue weighted by molar-refractivity contribution is 5.82. The topological polar surface area (TPSA) is 108 Å². The standard InChI is InChI=1S/C10H12N5O3/c16-3-6-1-2-7(18-6)15-5-13-8-9(14-17)11-4-12-10(8)15/h4-7,16H,1-3H2,(H-,11,12,14,17)/q-1/t6-,7+/m0/s1. The van der Waals surface area contributed by atoms with Crippen molar-refractivity contribution in [2.24, 2.45) is 0 Å². The highest BCUT2D eigenvalue weighted by atomic mass is 16.5. The van der Waals surface area contributed by atoms with Gasteiger partial charge in [-0.2, -0.15) is 0 Å². The van der Waals surface area contributed by atoms with E-state index in [4.69, 9.17) is 9.84 Å². The van der Waals surface area contributed by atoms with E-state index in [1.54, 1.807) is 16.4 Å². The number of hydrogen-bond acceptors (Lipinski definition) is 7. The van der Waals surface area contributed by atoms with Crippen molar-refractivity contribution in [1.29, 1.82) is 0 Å². The molecule has 3 heterocycles. The maximum absolute atomic E-state index is 10.7. The molecule has 8 heteroatoms. The lowest BCUT2D eigenvalue weighted by molar-refractivity contribution is -0.0207. The summed E-state index contributed by atoms with van der Waals surface area (Å²) in [5, 5.41) is 19.8. The molecule has 3 rings (SSSR count). The largest absolute Gasteiger partial charge is 0.760 e. The molecule has 1 saturated heterocycles. The molecule has 1 aliphatic rings. The highest BCUT2D eigenvalue weighted by Crippen LogP contribution is 2.30. The number of nitrogens with one attached hydrogen (secondary N) is 1. The van der Waals surface area contributed by atoms with Crippen molar-refractivity contribution in [2.75, 3.05) is 12.1 Å². The molecule has 0 radical (unpaired) electrons. The number of nitrogens with zero attached hydrogens (tertiary/aromatic N) is 4. The van der Waals surface area contributed by atoms with Crippen LogP contribution in [-0.2, 0) is 4.74 Å². The summed E-state index contributed by atoms with van der Waals surface area (Å²) < 4.78 is 7.41. The molecule has 96 valence electrons. The van der Waals surface area contributed by atoms with Crippen LogP contribution in [0.2, 0.25) is 0 Å². The molecule has 2 atom stereocenters. The van der Waals surface area contributed by atoms with Crippen LogP contribution in [0.25, 0.3) is 11.2 Å². The van der Waals surface area contributed by atoms with Crippen molar-refractivity contribution >= 4 is 17.0 Å². The Hall–Kier alpha value is -1.77. The van der Waals surface area contributed by atoms with E-state index in [0.29, 0.717) is 11.2 Å². The summed E-state index contributed by atoms with van der Waals surface area (Å²) in [5.74, 6) is 0.149. The predicted octanol–water partition coefficient (Wildman–Crippen LogP) is 0.406. The third-order valence-corrected chi connectivity index (χ3v) is 3.05. The number of aliphatic hydroxyl groups excluding tert-OH is 1. The van der Waals surface area contributed by atoms with Gasteiger partial charge in [-0.25, -0.2) is 15.0 Å². The summed E-state index contributed by atoms with van der Waals surface area (Å²) >= 11 is 0. The average molecular weight is 250 g/mol. The Balaban J connectivity index is 1.98. The van der Waals surface area contributed by atoms with Crippen molar-refractivity contribution in [3.05, 3.63) is 17.9 Å². The van der Waals surface area contributed by atoms with Gasteiger partial charge in [-0.3, -0.25) is 4.57 Å². The number of rotatable bonds is 3. The summed E-state index contributed by atoms with van der Waals surface area (Å²) in [4.78, 5) is 12.0. The molecule has 1 fully saturated rings. The van der Waals surface area contributed by atoms with E-state index in [0.717, 1.165) is 12.8 Å². The first kappa shape index (κ1) is 11.3. The smallest absolute Gasteiger partial charge is 0.167 e. The van der Waals surface area contributed by atoms with Gasteiger partial charge in [-0.1, -0.05) is 0 Å². The van der Waals surface area contributed by atoms with Crippen molar-refractivity contribution in [3.63, 3.8) is 0 Å². The molecular weight excluding hydrogens is 238 g/mol. The van der Waals surface area contributed by atoms with Crippen LogP contribution in [0, 0.1) is 5.21 Å². The fourth-order valence-electron chi connectivity index (χ4n) is 2.16. The maximum Gasteiger partial charge on any atom is 0.167 e. The summed E-state index contributed by atoms with van der Waals surface area (Å²) in [6.07, 6.45) is 4.09. The zero-order valence-electron chi connectivity index (χ0n) is 9.48. The molecule has 0 aliphatic carbocycles. The Morgan fingerprint density at radius 3 is 3.06 bits per heavy atom. The first-order valence-electron chi connectivity index (χ1n) is 5.65. The second kappa shape index (κ2) is 4.48. The molecule has 0 spiro atoms.